The number of imide groups is 1. The SMILES string of the molecule is O=C1S/C(=C/c2ccc(N3CCCCC3)o2)C(=O)N1c1cccc(Cl)c1. The Labute approximate surface area is 160 Å². The summed E-state index contributed by atoms with van der Waals surface area (Å²) >= 11 is 6.88. The van der Waals surface area contributed by atoms with E-state index >= 15 is 0 Å². The van der Waals surface area contributed by atoms with E-state index in [0.717, 1.165) is 48.5 Å². The van der Waals surface area contributed by atoms with Gasteiger partial charge >= 0.3 is 0 Å². The van der Waals surface area contributed by atoms with Crippen molar-refractivity contribution in [1.29, 1.82) is 0 Å². The highest BCUT2D eigenvalue weighted by Gasteiger charge is 2.36. The van der Waals surface area contributed by atoms with Crippen LogP contribution in [0.2, 0.25) is 5.02 Å². The van der Waals surface area contributed by atoms with Crippen LogP contribution in [0, 0.1) is 0 Å². The van der Waals surface area contributed by atoms with Gasteiger partial charge in [-0.25, -0.2) is 4.90 Å². The number of nitrogens with zero attached hydrogens (tertiary/aromatic N) is 2. The molecule has 0 atom stereocenters. The minimum absolute atomic E-state index is 0.341. The Bertz CT molecular complexity index is 886. The number of rotatable bonds is 3. The van der Waals surface area contributed by atoms with E-state index in [4.69, 9.17) is 16.0 Å². The van der Waals surface area contributed by atoms with Gasteiger partial charge in [-0.2, -0.15) is 0 Å². The molecule has 7 heteroatoms. The molecule has 2 amide bonds. The zero-order chi connectivity index (χ0) is 18.1. The first kappa shape index (κ1) is 17.2. The van der Waals surface area contributed by atoms with Gasteiger partial charge in [-0.15, -0.1) is 0 Å². The quantitative estimate of drug-likeness (QED) is 0.679. The molecule has 0 radical (unpaired) electrons. The topological polar surface area (TPSA) is 53.8 Å². The average Bonchev–Trinajstić information content (AvgIpc) is 3.21. The van der Waals surface area contributed by atoms with E-state index in [1.807, 2.05) is 12.1 Å². The Kier molecular flexibility index (Phi) is 4.78. The maximum atomic E-state index is 12.7. The molecule has 0 spiro atoms. The molecule has 0 bridgehead atoms. The monoisotopic (exact) mass is 388 g/mol. The molecule has 5 nitrogen and oxygen atoms in total. The van der Waals surface area contributed by atoms with Gasteiger partial charge < -0.3 is 9.32 Å². The minimum Gasteiger partial charge on any atom is -0.441 e. The smallest absolute Gasteiger partial charge is 0.298 e. The maximum absolute atomic E-state index is 12.7. The van der Waals surface area contributed by atoms with Gasteiger partial charge in [-0.1, -0.05) is 17.7 Å². The zero-order valence-electron chi connectivity index (χ0n) is 14.0. The lowest BCUT2D eigenvalue weighted by Gasteiger charge is -2.25. The molecule has 134 valence electrons. The summed E-state index contributed by atoms with van der Waals surface area (Å²) in [5.74, 6) is 1.02. The third-order valence-corrected chi connectivity index (χ3v) is 5.52. The van der Waals surface area contributed by atoms with E-state index in [1.54, 1.807) is 30.3 Å². The average molecular weight is 389 g/mol. The van der Waals surface area contributed by atoms with Gasteiger partial charge in [0.25, 0.3) is 11.1 Å². The molecule has 2 saturated heterocycles. The Hall–Kier alpha value is -2.18. The second kappa shape index (κ2) is 7.21. The largest absolute Gasteiger partial charge is 0.441 e. The third-order valence-electron chi connectivity index (χ3n) is 4.41. The Morgan fingerprint density at radius 3 is 2.65 bits per heavy atom. The molecule has 1 aromatic heterocycles. The lowest BCUT2D eigenvalue weighted by atomic mass is 10.1. The van der Waals surface area contributed by atoms with Crippen LogP contribution in [0.4, 0.5) is 16.4 Å². The number of anilines is 2. The summed E-state index contributed by atoms with van der Waals surface area (Å²) in [5, 5.41) is 0.133. The normalized spacial score (nSPS) is 19.7. The number of amides is 2. The van der Waals surface area contributed by atoms with Crippen LogP contribution >= 0.6 is 23.4 Å². The van der Waals surface area contributed by atoms with E-state index in [1.165, 1.54) is 6.42 Å². The molecule has 2 aromatic rings. The summed E-state index contributed by atoms with van der Waals surface area (Å²) in [4.78, 5) is 28.6. The zero-order valence-corrected chi connectivity index (χ0v) is 15.6. The standard InChI is InChI=1S/C19H17ClN2O3S/c20-13-5-4-6-14(11-13)22-18(23)16(26-19(22)24)12-15-7-8-17(25-15)21-9-2-1-3-10-21/h4-8,11-12H,1-3,9-10H2/b16-12+. The first-order valence-corrected chi connectivity index (χ1v) is 9.69. The van der Waals surface area contributed by atoms with Gasteiger partial charge in [0.15, 0.2) is 5.88 Å². The van der Waals surface area contributed by atoms with Gasteiger partial charge in [0.1, 0.15) is 5.76 Å². The molecule has 2 aliphatic rings. The molecule has 2 fully saturated rings. The van der Waals surface area contributed by atoms with Crippen LogP contribution in [0.15, 0.2) is 45.7 Å². The molecule has 0 aliphatic carbocycles. The van der Waals surface area contributed by atoms with Crippen molar-refractivity contribution in [3.05, 3.63) is 52.1 Å². The Balaban J connectivity index is 1.56. The number of furan rings is 1. The lowest BCUT2D eigenvalue weighted by Crippen LogP contribution is -2.28. The number of hydrogen-bond donors (Lipinski definition) is 0. The predicted molar refractivity (Wildman–Crippen MR) is 105 cm³/mol. The van der Waals surface area contributed by atoms with Crippen molar-refractivity contribution in [2.24, 2.45) is 0 Å². The van der Waals surface area contributed by atoms with Gasteiger partial charge in [0.2, 0.25) is 0 Å². The molecule has 0 saturated carbocycles. The van der Waals surface area contributed by atoms with Crippen LogP contribution in [0.25, 0.3) is 6.08 Å². The summed E-state index contributed by atoms with van der Waals surface area (Å²) in [7, 11) is 0. The minimum atomic E-state index is -0.363. The summed E-state index contributed by atoms with van der Waals surface area (Å²) in [6.07, 6.45) is 5.20. The lowest BCUT2D eigenvalue weighted by molar-refractivity contribution is -0.113. The van der Waals surface area contributed by atoms with Crippen molar-refractivity contribution < 1.29 is 14.0 Å². The van der Waals surface area contributed by atoms with Crippen molar-refractivity contribution in [2.75, 3.05) is 22.9 Å². The van der Waals surface area contributed by atoms with E-state index in [-0.39, 0.29) is 11.1 Å². The molecular weight excluding hydrogens is 372 g/mol. The van der Waals surface area contributed by atoms with E-state index < -0.39 is 0 Å². The number of carbonyl (C=O) groups is 2. The summed E-state index contributed by atoms with van der Waals surface area (Å²) in [5.41, 5.74) is 0.469. The van der Waals surface area contributed by atoms with Crippen molar-refractivity contribution >= 4 is 52.2 Å². The highest BCUT2D eigenvalue weighted by Crippen LogP contribution is 2.37. The van der Waals surface area contributed by atoms with Crippen molar-refractivity contribution in [1.82, 2.24) is 0 Å². The van der Waals surface area contributed by atoms with Gasteiger partial charge in [-0.05, 0) is 55.3 Å². The highest BCUT2D eigenvalue weighted by atomic mass is 35.5. The molecular formula is C19H17ClN2O3S. The molecule has 1 aromatic carbocycles. The van der Waals surface area contributed by atoms with Crippen LogP contribution in [-0.2, 0) is 4.79 Å². The Morgan fingerprint density at radius 1 is 1.08 bits per heavy atom. The van der Waals surface area contributed by atoms with Crippen LogP contribution in [0.5, 0.6) is 0 Å². The van der Waals surface area contributed by atoms with Crippen LogP contribution in [0.1, 0.15) is 25.0 Å². The fraction of sp³-hybridized carbons (Fsp3) is 0.263. The van der Waals surface area contributed by atoms with E-state index in [0.29, 0.717) is 21.4 Å². The number of halogens is 1. The van der Waals surface area contributed by atoms with Crippen molar-refractivity contribution in [3.63, 3.8) is 0 Å². The van der Waals surface area contributed by atoms with Crippen molar-refractivity contribution in [3.8, 4) is 0 Å². The summed E-state index contributed by atoms with van der Waals surface area (Å²) in [6, 6.07) is 10.4. The molecule has 4 rings (SSSR count). The number of hydrogen-bond acceptors (Lipinski definition) is 5. The van der Waals surface area contributed by atoms with Gasteiger partial charge in [0.05, 0.1) is 10.6 Å². The third kappa shape index (κ3) is 3.39. The second-order valence-corrected chi connectivity index (χ2v) is 7.65. The maximum Gasteiger partial charge on any atom is 0.298 e. The molecule has 2 aliphatic heterocycles. The van der Waals surface area contributed by atoms with Crippen LogP contribution < -0.4 is 9.80 Å². The fourth-order valence-corrected chi connectivity index (χ4v) is 4.14. The highest BCUT2D eigenvalue weighted by molar-refractivity contribution is 8.19. The summed E-state index contributed by atoms with van der Waals surface area (Å²) in [6.45, 7) is 1.97. The molecule has 0 unspecified atom stereocenters. The van der Waals surface area contributed by atoms with E-state index in [9.17, 15) is 9.59 Å². The first-order valence-electron chi connectivity index (χ1n) is 8.50. The first-order chi connectivity index (χ1) is 12.6. The van der Waals surface area contributed by atoms with Gasteiger partial charge in [-0.3, -0.25) is 9.59 Å². The van der Waals surface area contributed by atoms with E-state index in [2.05, 4.69) is 4.90 Å². The molecule has 3 heterocycles. The molecule has 26 heavy (non-hydrogen) atoms. The Morgan fingerprint density at radius 2 is 1.88 bits per heavy atom. The number of carbonyl (C=O) groups excluding carboxylic acids is 2. The number of piperidine rings is 1. The number of thioether (sulfide) groups is 1. The molecule has 0 N–H and O–H groups in total. The summed E-state index contributed by atoms with van der Waals surface area (Å²) < 4.78 is 5.86. The van der Waals surface area contributed by atoms with Crippen molar-refractivity contribution in [2.45, 2.75) is 19.3 Å². The fourth-order valence-electron chi connectivity index (χ4n) is 3.14. The number of benzene rings is 1. The predicted octanol–water partition coefficient (Wildman–Crippen LogP) is 5.16. The van der Waals surface area contributed by atoms with Crippen LogP contribution in [0.3, 0.4) is 0 Å². The van der Waals surface area contributed by atoms with Gasteiger partial charge in [0, 0.05) is 30.3 Å². The second-order valence-electron chi connectivity index (χ2n) is 6.22. The van der Waals surface area contributed by atoms with Crippen LogP contribution in [-0.4, -0.2) is 24.2 Å².